The van der Waals surface area contributed by atoms with Crippen LogP contribution in [0.4, 0.5) is 0 Å². The number of ether oxygens (including phenoxy) is 3. The van der Waals surface area contributed by atoms with E-state index in [4.69, 9.17) is 31.1 Å². The minimum atomic E-state index is -0.0120. The second kappa shape index (κ2) is 8.33. The third-order valence-electron chi connectivity index (χ3n) is 3.95. The standard InChI is InChI=1S/C21H24ClNO3/c1-14-7-6-8-16(21(2,3)4)19(14)25-9-10-26-20-17(22)11-15(13-23)12-18(20)24-5/h6-8,11-12H,9-10H2,1-5H3. The van der Waals surface area contributed by atoms with E-state index in [1.807, 2.05) is 25.1 Å². The van der Waals surface area contributed by atoms with Crippen LogP contribution in [0.3, 0.4) is 0 Å². The fourth-order valence-electron chi connectivity index (χ4n) is 2.65. The Hall–Kier alpha value is -2.38. The third kappa shape index (κ3) is 4.62. The van der Waals surface area contributed by atoms with Crippen molar-refractivity contribution in [2.45, 2.75) is 33.1 Å². The number of nitriles is 1. The topological polar surface area (TPSA) is 51.5 Å². The number of aryl methyl sites for hydroxylation is 1. The third-order valence-corrected chi connectivity index (χ3v) is 4.24. The van der Waals surface area contributed by atoms with Crippen molar-refractivity contribution in [3.63, 3.8) is 0 Å². The van der Waals surface area contributed by atoms with Gasteiger partial charge in [0.05, 0.1) is 23.8 Å². The molecule has 0 aliphatic rings. The zero-order valence-corrected chi connectivity index (χ0v) is 16.6. The van der Waals surface area contributed by atoms with Crippen LogP contribution in [-0.2, 0) is 5.41 Å². The Bertz CT molecular complexity index is 819. The average Bonchev–Trinajstić information content (AvgIpc) is 2.59. The predicted octanol–water partition coefficient (Wildman–Crippen LogP) is 5.28. The first-order valence-electron chi connectivity index (χ1n) is 8.41. The molecule has 0 spiro atoms. The zero-order chi connectivity index (χ0) is 19.3. The molecule has 0 saturated heterocycles. The molecule has 0 aliphatic heterocycles. The highest BCUT2D eigenvalue weighted by molar-refractivity contribution is 6.32. The summed E-state index contributed by atoms with van der Waals surface area (Å²) < 4.78 is 17.0. The first kappa shape index (κ1) is 19.9. The maximum absolute atomic E-state index is 9.01. The Balaban J connectivity index is 2.08. The van der Waals surface area contributed by atoms with Gasteiger partial charge in [-0.15, -0.1) is 0 Å². The van der Waals surface area contributed by atoms with Gasteiger partial charge in [0.2, 0.25) is 0 Å². The number of para-hydroxylation sites is 1. The van der Waals surface area contributed by atoms with E-state index < -0.39 is 0 Å². The van der Waals surface area contributed by atoms with Crippen molar-refractivity contribution in [2.75, 3.05) is 20.3 Å². The van der Waals surface area contributed by atoms with E-state index in [2.05, 4.69) is 26.8 Å². The van der Waals surface area contributed by atoms with Crippen LogP contribution in [0.1, 0.15) is 37.5 Å². The van der Waals surface area contributed by atoms with Gasteiger partial charge in [-0.3, -0.25) is 0 Å². The summed E-state index contributed by atoms with van der Waals surface area (Å²) in [5.74, 6) is 1.74. The zero-order valence-electron chi connectivity index (χ0n) is 15.9. The summed E-state index contributed by atoms with van der Waals surface area (Å²) >= 11 is 6.20. The lowest BCUT2D eigenvalue weighted by Gasteiger charge is -2.24. The van der Waals surface area contributed by atoms with Crippen LogP contribution in [0.2, 0.25) is 5.02 Å². The van der Waals surface area contributed by atoms with Crippen molar-refractivity contribution >= 4 is 11.6 Å². The SMILES string of the molecule is COc1cc(C#N)cc(Cl)c1OCCOc1c(C)cccc1C(C)(C)C. The lowest BCUT2D eigenvalue weighted by molar-refractivity contribution is 0.208. The van der Waals surface area contributed by atoms with Crippen LogP contribution in [0.15, 0.2) is 30.3 Å². The Morgan fingerprint density at radius 3 is 2.31 bits per heavy atom. The van der Waals surface area contributed by atoms with Gasteiger partial charge in [-0.25, -0.2) is 0 Å². The molecule has 26 heavy (non-hydrogen) atoms. The fraction of sp³-hybridized carbons (Fsp3) is 0.381. The van der Waals surface area contributed by atoms with Crippen LogP contribution < -0.4 is 14.2 Å². The number of methoxy groups -OCH3 is 1. The molecule has 4 nitrogen and oxygen atoms in total. The summed E-state index contributed by atoms with van der Waals surface area (Å²) in [5, 5.41) is 9.35. The normalized spacial score (nSPS) is 11.0. The summed E-state index contributed by atoms with van der Waals surface area (Å²) in [6.07, 6.45) is 0. The summed E-state index contributed by atoms with van der Waals surface area (Å²) in [7, 11) is 1.51. The molecule has 0 atom stereocenters. The maximum atomic E-state index is 9.01. The molecular weight excluding hydrogens is 350 g/mol. The Labute approximate surface area is 160 Å². The summed E-state index contributed by atoms with van der Waals surface area (Å²) in [6, 6.07) is 11.4. The van der Waals surface area contributed by atoms with E-state index in [9.17, 15) is 0 Å². The predicted molar refractivity (Wildman–Crippen MR) is 104 cm³/mol. The van der Waals surface area contributed by atoms with Crippen LogP contribution in [0.25, 0.3) is 0 Å². The van der Waals surface area contributed by atoms with E-state index >= 15 is 0 Å². The van der Waals surface area contributed by atoms with Crippen molar-refractivity contribution in [1.29, 1.82) is 5.26 Å². The summed E-state index contributed by atoms with van der Waals surface area (Å²) in [5.41, 5.74) is 2.66. The second-order valence-corrected chi connectivity index (χ2v) is 7.41. The van der Waals surface area contributed by atoms with E-state index in [0.717, 1.165) is 16.9 Å². The van der Waals surface area contributed by atoms with Crippen molar-refractivity contribution in [1.82, 2.24) is 0 Å². The van der Waals surface area contributed by atoms with Crippen molar-refractivity contribution in [3.8, 4) is 23.3 Å². The van der Waals surface area contributed by atoms with E-state index in [1.165, 1.54) is 7.11 Å². The van der Waals surface area contributed by atoms with Gasteiger partial charge in [-0.1, -0.05) is 50.6 Å². The number of benzene rings is 2. The lowest BCUT2D eigenvalue weighted by Crippen LogP contribution is -2.17. The molecule has 2 rings (SSSR count). The van der Waals surface area contributed by atoms with E-state index in [-0.39, 0.29) is 5.41 Å². The minimum absolute atomic E-state index is 0.0120. The second-order valence-electron chi connectivity index (χ2n) is 7.00. The van der Waals surface area contributed by atoms with E-state index in [0.29, 0.717) is 35.3 Å². The average molecular weight is 374 g/mol. The highest BCUT2D eigenvalue weighted by atomic mass is 35.5. The van der Waals surface area contributed by atoms with Crippen LogP contribution in [0, 0.1) is 18.3 Å². The van der Waals surface area contributed by atoms with Crippen LogP contribution >= 0.6 is 11.6 Å². The molecule has 2 aromatic carbocycles. The molecule has 2 aromatic rings. The maximum Gasteiger partial charge on any atom is 0.179 e. The molecule has 0 saturated carbocycles. The van der Waals surface area contributed by atoms with Gasteiger partial charge in [-0.05, 0) is 29.5 Å². The minimum Gasteiger partial charge on any atom is -0.493 e. The van der Waals surface area contributed by atoms with Crippen molar-refractivity contribution < 1.29 is 14.2 Å². The number of rotatable bonds is 6. The largest absolute Gasteiger partial charge is 0.493 e. The molecule has 5 heteroatoms. The van der Waals surface area contributed by atoms with Crippen LogP contribution in [-0.4, -0.2) is 20.3 Å². The fourth-order valence-corrected chi connectivity index (χ4v) is 2.91. The summed E-state index contributed by atoms with van der Waals surface area (Å²) in [4.78, 5) is 0. The molecule has 0 radical (unpaired) electrons. The molecule has 138 valence electrons. The van der Waals surface area contributed by atoms with Crippen LogP contribution in [0.5, 0.6) is 17.2 Å². The van der Waals surface area contributed by atoms with Gasteiger partial charge in [0, 0.05) is 6.07 Å². The number of hydrogen-bond donors (Lipinski definition) is 0. The Kier molecular flexibility index (Phi) is 6.39. The molecule has 0 amide bonds. The number of halogens is 1. The molecule has 0 heterocycles. The Morgan fingerprint density at radius 1 is 1.08 bits per heavy atom. The van der Waals surface area contributed by atoms with Gasteiger partial charge >= 0.3 is 0 Å². The molecule has 0 unspecified atom stereocenters. The van der Waals surface area contributed by atoms with Gasteiger partial charge in [0.15, 0.2) is 11.5 Å². The first-order chi connectivity index (χ1) is 12.3. The molecule has 0 bridgehead atoms. The summed E-state index contributed by atoms with van der Waals surface area (Å²) in [6.45, 7) is 9.19. The van der Waals surface area contributed by atoms with Gasteiger partial charge in [-0.2, -0.15) is 5.26 Å². The smallest absolute Gasteiger partial charge is 0.179 e. The van der Waals surface area contributed by atoms with Crippen molar-refractivity contribution in [3.05, 3.63) is 52.0 Å². The highest BCUT2D eigenvalue weighted by Gasteiger charge is 2.20. The monoisotopic (exact) mass is 373 g/mol. The van der Waals surface area contributed by atoms with Crippen molar-refractivity contribution in [2.24, 2.45) is 0 Å². The lowest BCUT2D eigenvalue weighted by atomic mass is 9.85. The highest BCUT2D eigenvalue weighted by Crippen LogP contribution is 2.37. The molecule has 0 aliphatic carbocycles. The quantitative estimate of drug-likeness (QED) is 0.646. The first-order valence-corrected chi connectivity index (χ1v) is 8.79. The molecule has 0 N–H and O–H groups in total. The Morgan fingerprint density at radius 2 is 1.73 bits per heavy atom. The van der Waals surface area contributed by atoms with Gasteiger partial charge in [0.25, 0.3) is 0 Å². The van der Waals surface area contributed by atoms with Gasteiger partial charge in [0.1, 0.15) is 19.0 Å². The van der Waals surface area contributed by atoms with Gasteiger partial charge < -0.3 is 14.2 Å². The molecule has 0 fully saturated rings. The molecular formula is C21H24ClNO3. The number of hydrogen-bond acceptors (Lipinski definition) is 4. The number of nitrogens with zero attached hydrogens (tertiary/aromatic N) is 1. The molecule has 0 aromatic heterocycles. The van der Waals surface area contributed by atoms with E-state index in [1.54, 1.807) is 12.1 Å².